The molecule has 0 aliphatic rings. The van der Waals surface area contributed by atoms with Crippen molar-refractivity contribution < 1.29 is 12.8 Å². The van der Waals surface area contributed by atoms with Crippen molar-refractivity contribution in [1.82, 2.24) is 10.3 Å². The molecule has 0 amide bonds. The average Bonchev–Trinajstić information content (AvgIpc) is 2.15. The van der Waals surface area contributed by atoms with Gasteiger partial charge in [-0.15, -0.1) is 0 Å². The fourth-order valence-electron chi connectivity index (χ4n) is 1.18. The Morgan fingerprint density at radius 2 is 2.12 bits per heavy atom. The lowest BCUT2D eigenvalue weighted by atomic mass is 10.4. The Bertz CT molecular complexity index is 462. The second-order valence-electron chi connectivity index (χ2n) is 3.92. The van der Waals surface area contributed by atoms with Crippen LogP contribution in [0.4, 0.5) is 10.1 Å². The summed E-state index contributed by atoms with van der Waals surface area (Å²) in [7, 11) is -3.47. The predicted molar refractivity (Wildman–Crippen MR) is 64.7 cm³/mol. The smallest absolute Gasteiger partial charge is 0.234 e. The van der Waals surface area contributed by atoms with E-state index in [1.54, 1.807) is 0 Å². The number of hydrogen-bond donors (Lipinski definition) is 2. The standard InChI is InChI=1S/C10H16FN3O2S/c1-8(2)13-3-4-17(15,16)14-10-5-9(11)6-12-7-10/h5-8,13-14H,3-4H2,1-2H3. The summed E-state index contributed by atoms with van der Waals surface area (Å²) in [6.07, 6.45) is 2.27. The highest BCUT2D eigenvalue weighted by Crippen LogP contribution is 2.08. The van der Waals surface area contributed by atoms with Crippen LogP contribution in [0.5, 0.6) is 0 Å². The van der Waals surface area contributed by atoms with E-state index in [1.165, 1.54) is 6.20 Å². The fourth-order valence-corrected chi connectivity index (χ4v) is 2.14. The van der Waals surface area contributed by atoms with Crippen molar-refractivity contribution in [2.24, 2.45) is 0 Å². The zero-order valence-corrected chi connectivity index (χ0v) is 10.6. The first-order chi connectivity index (χ1) is 7.89. The van der Waals surface area contributed by atoms with Crippen LogP contribution in [0.15, 0.2) is 18.5 Å². The van der Waals surface area contributed by atoms with Gasteiger partial charge >= 0.3 is 0 Å². The summed E-state index contributed by atoms with van der Waals surface area (Å²) in [6, 6.07) is 1.31. The van der Waals surface area contributed by atoms with E-state index in [-0.39, 0.29) is 17.5 Å². The second kappa shape index (κ2) is 5.92. The number of anilines is 1. The maximum atomic E-state index is 12.8. The van der Waals surface area contributed by atoms with E-state index in [1.807, 2.05) is 13.8 Å². The lowest BCUT2D eigenvalue weighted by Gasteiger charge is -2.10. The topological polar surface area (TPSA) is 71.1 Å². The number of aromatic nitrogens is 1. The molecule has 5 nitrogen and oxygen atoms in total. The van der Waals surface area contributed by atoms with Crippen LogP contribution in [0.3, 0.4) is 0 Å². The predicted octanol–water partition coefficient (Wildman–Crippen LogP) is 0.960. The molecule has 0 aliphatic heterocycles. The molecule has 2 N–H and O–H groups in total. The zero-order chi connectivity index (χ0) is 12.9. The van der Waals surface area contributed by atoms with Crippen LogP contribution in [-0.2, 0) is 10.0 Å². The van der Waals surface area contributed by atoms with Gasteiger partial charge in [-0.1, -0.05) is 13.8 Å². The minimum atomic E-state index is -3.47. The molecular formula is C10H16FN3O2S. The van der Waals surface area contributed by atoms with E-state index in [4.69, 9.17) is 0 Å². The van der Waals surface area contributed by atoms with Gasteiger partial charge in [-0.3, -0.25) is 9.71 Å². The van der Waals surface area contributed by atoms with Crippen LogP contribution in [0, 0.1) is 5.82 Å². The van der Waals surface area contributed by atoms with Crippen molar-refractivity contribution in [3.05, 3.63) is 24.3 Å². The molecule has 17 heavy (non-hydrogen) atoms. The Kier molecular flexibility index (Phi) is 4.83. The van der Waals surface area contributed by atoms with Gasteiger partial charge in [-0.2, -0.15) is 0 Å². The van der Waals surface area contributed by atoms with Crippen molar-refractivity contribution in [1.29, 1.82) is 0 Å². The highest BCUT2D eigenvalue weighted by atomic mass is 32.2. The Balaban J connectivity index is 2.55. The van der Waals surface area contributed by atoms with Gasteiger partial charge in [0, 0.05) is 18.7 Å². The molecule has 0 saturated carbocycles. The van der Waals surface area contributed by atoms with Crippen LogP contribution in [0.1, 0.15) is 13.8 Å². The molecule has 0 spiro atoms. The van der Waals surface area contributed by atoms with Gasteiger partial charge < -0.3 is 5.32 Å². The number of nitrogens with one attached hydrogen (secondary N) is 2. The van der Waals surface area contributed by atoms with Crippen molar-refractivity contribution in [3.63, 3.8) is 0 Å². The summed E-state index contributed by atoms with van der Waals surface area (Å²) in [5, 5.41) is 2.99. The maximum Gasteiger partial charge on any atom is 0.234 e. The van der Waals surface area contributed by atoms with Crippen LogP contribution < -0.4 is 10.0 Å². The maximum absolute atomic E-state index is 12.8. The monoisotopic (exact) mass is 261 g/mol. The highest BCUT2D eigenvalue weighted by Gasteiger charge is 2.10. The van der Waals surface area contributed by atoms with Crippen LogP contribution >= 0.6 is 0 Å². The first-order valence-electron chi connectivity index (χ1n) is 5.23. The van der Waals surface area contributed by atoms with Crippen LogP contribution in [-0.4, -0.2) is 31.7 Å². The second-order valence-corrected chi connectivity index (χ2v) is 5.76. The molecule has 0 atom stereocenters. The summed E-state index contributed by atoms with van der Waals surface area (Å²) < 4.78 is 38.2. The Morgan fingerprint density at radius 1 is 1.41 bits per heavy atom. The number of pyridine rings is 1. The highest BCUT2D eigenvalue weighted by molar-refractivity contribution is 7.92. The van der Waals surface area contributed by atoms with Gasteiger partial charge in [0.1, 0.15) is 5.82 Å². The molecule has 1 rings (SSSR count). The summed E-state index contributed by atoms with van der Waals surface area (Å²) in [6.45, 7) is 4.20. The SMILES string of the molecule is CC(C)NCCS(=O)(=O)Nc1cncc(F)c1. The molecule has 0 bridgehead atoms. The third-order valence-corrected chi connectivity index (χ3v) is 3.19. The Labute approximate surface area is 101 Å². The van der Waals surface area contributed by atoms with E-state index in [0.717, 1.165) is 12.3 Å². The number of rotatable bonds is 6. The molecular weight excluding hydrogens is 245 g/mol. The van der Waals surface area contributed by atoms with Gasteiger partial charge in [0.2, 0.25) is 10.0 Å². The summed E-state index contributed by atoms with van der Waals surface area (Å²) in [5.41, 5.74) is 0.134. The zero-order valence-electron chi connectivity index (χ0n) is 9.77. The van der Waals surface area contributed by atoms with E-state index < -0.39 is 15.8 Å². The number of sulfonamides is 1. The molecule has 0 aliphatic carbocycles. The molecule has 1 aromatic heterocycles. The molecule has 96 valence electrons. The van der Waals surface area contributed by atoms with Gasteiger partial charge in [0.15, 0.2) is 0 Å². The number of hydrogen-bond acceptors (Lipinski definition) is 4. The quantitative estimate of drug-likeness (QED) is 0.800. The Morgan fingerprint density at radius 3 is 2.71 bits per heavy atom. The lowest BCUT2D eigenvalue weighted by molar-refractivity contribution is 0.582. The summed E-state index contributed by atoms with van der Waals surface area (Å²) in [5.74, 6) is -0.646. The van der Waals surface area contributed by atoms with Crippen molar-refractivity contribution in [2.45, 2.75) is 19.9 Å². The molecule has 0 fully saturated rings. The number of nitrogens with zero attached hydrogens (tertiary/aromatic N) is 1. The first-order valence-corrected chi connectivity index (χ1v) is 6.89. The van der Waals surface area contributed by atoms with Crippen molar-refractivity contribution >= 4 is 15.7 Å². The molecule has 1 heterocycles. The van der Waals surface area contributed by atoms with Gasteiger partial charge in [0.05, 0.1) is 23.8 Å². The minimum Gasteiger partial charge on any atom is -0.313 e. The van der Waals surface area contributed by atoms with E-state index in [9.17, 15) is 12.8 Å². The lowest BCUT2D eigenvalue weighted by Crippen LogP contribution is -2.30. The normalized spacial score (nSPS) is 11.8. The third kappa shape index (κ3) is 5.60. The first kappa shape index (κ1) is 13.9. The average molecular weight is 261 g/mol. The molecule has 0 unspecified atom stereocenters. The van der Waals surface area contributed by atoms with Crippen molar-refractivity contribution in [2.75, 3.05) is 17.0 Å². The van der Waals surface area contributed by atoms with E-state index in [0.29, 0.717) is 6.54 Å². The molecule has 0 aromatic carbocycles. The van der Waals surface area contributed by atoms with Crippen LogP contribution in [0.2, 0.25) is 0 Å². The minimum absolute atomic E-state index is 0.0678. The molecule has 0 saturated heterocycles. The largest absolute Gasteiger partial charge is 0.313 e. The fraction of sp³-hybridized carbons (Fsp3) is 0.500. The molecule has 0 radical (unpaired) electrons. The van der Waals surface area contributed by atoms with Gasteiger partial charge in [-0.05, 0) is 0 Å². The molecule has 7 heteroatoms. The summed E-state index contributed by atoms with van der Waals surface area (Å²) >= 11 is 0. The van der Waals surface area contributed by atoms with Gasteiger partial charge in [-0.25, -0.2) is 12.8 Å². The van der Waals surface area contributed by atoms with Crippen LogP contribution in [0.25, 0.3) is 0 Å². The van der Waals surface area contributed by atoms with Crippen molar-refractivity contribution in [3.8, 4) is 0 Å². The van der Waals surface area contributed by atoms with E-state index >= 15 is 0 Å². The number of halogens is 1. The third-order valence-electron chi connectivity index (χ3n) is 1.90. The molecule has 1 aromatic rings. The summed E-state index contributed by atoms with van der Waals surface area (Å²) in [4.78, 5) is 3.56. The Hall–Kier alpha value is -1.21. The van der Waals surface area contributed by atoms with Gasteiger partial charge in [0.25, 0.3) is 0 Å². The van der Waals surface area contributed by atoms with E-state index in [2.05, 4.69) is 15.0 Å².